The number of nitrogens with zero attached hydrogens (tertiary/aromatic N) is 1. The van der Waals surface area contributed by atoms with Gasteiger partial charge in [-0.2, -0.15) is 0 Å². The molecule has 1 fully saturated rings. The molecule has 1 amide bonds. The zero-order chi connectivity index (χ0) is 12.0. The molecule has 1 aliphatic heterocycles. The molecular formula is C12H22BrNO2. The van der Waals surface area contributed by atoms with E-state index < -0.39 is 0 Å². The molecule has 94 valence electrons. The fourth-order valence-corrected chi connectivity index (χ4v) is 2.49. The van der Waals surface area contributed by atoms with Crippen LogP contribution in [0.2, 0.25) is 0 Å². The van der Waals surface area contributed by atoms with Crippen LogP contribution in [0.4, 0.5) is 0 Å². The third-order valence-electron chi connectivity index (χ3n) is 3.18. The number of hydrogen-bond donors (Lipinski definition) is 0. The van der Waals surface area contributed by atoms with Gasteiger partial charge < -0.3 is 9.64 Å². The molecule has 0 radical (unpaired) electrons. The Morgan fingerprint density at radius 1 is 1.50 bits per heavy atom. The van der Waals surface area contributed by atoms with Crippen LogP contribution in [0.3, 0.4) is 0 Å². The van der Waals surface area contributed by atoms with E-state index in [0.717, 1.165) is 44.3 Å². The van der Waals surface area contributed by atoms with E-state index in [4.69, 9.17) is 4.74 Å². The minimum absolute atomic E-state index is 0.0975. The number of hydrogen-bond acceptors (Lipinski definition) is 2. The Balaban J connectivity index is 2.52. The van der Waals surface area contributed by atoms with Crippen molar-refractivity contribution in [1.82, 2.24) is 4.90 Å². The third-order valence-corrected chi connectivity index (χ3v) is 3.74. The highest BCUT2D eigenvalue weighted by molar-refractivity contribution is 9.09. The molecule has 0 bridgehead atoms. The fourth-order valence-electron chi connectivity index (χ4n) is 2.24. The Kier molecular flexibility index (Phi) is 6.36. The Morgan fingerprint density at radius 2 is 2.25 bits per heavy atom. The predicted octanol–water partition coefficient (Wildman–Crippen LogP) is 2.44. The second-order valence-corrected chi connectivity index (χ2v) is 4.97. The number of carbonyl (C=O) groups excluding carboxylic acids is 1. The van der Waals surface area contributed by atoms with E-state index >= 15 is 0 Å². The van der Waals surface area contributed by atoms with E-state index in [1.807, 2.05) is 11.8 Å². The first kappa shape index (κ1) is 14.0. The maximum atomic E-state index is 12.3. The number of amides is 1. The van der Waals surface area contributed by atoms with E-state index in [9.17, 15) is 4.79 Å². The van der Waals surface area contributed by atoms with Gasteiger partial charge in [0, 0.05) is 25.0 Å². The molecular weight excluding hydrogens is 270 g/mol. The Morgan fingerprint density at radius 3 is 2.81 bits per heavy atom. The molecule has 0 aliphatic carbocycles. The standard InChI is InChI=1S/C12H22BrNO2/c1-3-11-10(6-9-16-11)12(15)14(4-2)8-5-7-13/h10-11H,3-9H2,1-2H3. The van der Waals surface area contributed by atoms with Gasteiger partial charge in [-0.05, 0) is 26.2 Å². The molecule has 16 heavy (non-hydrogen) atoms. The number of halogens is 1. The van der Waals surface area contributed by atoms with Crippen molar-refractivity contribution >= 4 is 21.8 Å². The first-order valence-electron chi connectivity index (χ1n) is 6.20. The monoisotopic (exact) mass is 291 g/mol. The van der Waals surface area contributed by atoms with E-state index in [1.54, 1.807) is 0 Å². The summed E-state index contributed by atoms with van der Waals surface area (Å²) in [5.41, 5.74) is 0. The molecule has 0 saturated carbocycles. The molecule has 2 unspecified atom stereocenters. The zero-order valence-electron chi connectivity index (χ0n) is 10.2. The van der Waals surface area contributed by atoms with Crippen LogP contribution >= 0.6 is 15.9 Å². The molecule has 0 aromatic carbocycles. The molecule has 0 N–H and O–H groups in total. The lowest BCUT2D eigenvalue weighted by Gasteiger charge is -2.26. The second-order valence-electron chi connectivity index (χ2n) is 4.17. The number of ether oxygens (including phenoxy) is 1. The third kappa shape index (κ3) is 3.45. The summed E-state index contributed by atoms with van der Waals surface area (Å²) in [4.78, 5) is 14.2. The average Bonchev–Trinajstić information content (AvgIpc) is 2.77. The van der Waals surface area contributed by atoms with E-state index in [1.165, 1.54) is 0 Å². The van der Waals surface area contributed by atoms with Crippen LogP contribution in [0.15, 0.2) is 0 Å². The van der Waals surface area contributed by atoms with Crippen LogP contribution in [0.25, 0.3) is 0 Å². The van der Waals surface area contributed by atoms with Gasteiger partial charge in [0.1, 0.15) is 0 Å². The van der Waals surface area contributed by atoms with Gasteiger partial charge in [-0.15, -0.1) is 0 Å². The van der Waals surface area contributed by atoms with Gasteiger partial charge in [-0.1, -0.05) is 22.9 Å². The van der Waals surface area contributed by atoms with Crippen LogP contribution in [0.5, 0.6) is 0 Å². The Labute approximate surface area is 107 Å². The average molecular weight is 292 g/mol. The fraction of sp³-hybridized carbons (Fsp3) is 0.917. The van der Waals surface area contributed by atoms with Crippen molar-refractivity contribution in [3.63, 3.8) is 0 Å². The van der Waals surface area contributed by atoms with Crippen molar-refractivity contribution in [1.29, 1.82) is 0 Å². The molecule has 0 aromatic rings. The summed E-state index contributed by atoms with van der Waals surface area (Å²) < 4.78 is 5.58. The maximum absolute atomic E-state index is 12.3. The van der Waals surface area contributed by atoms with Gasteiger partial charge >= 0.3 is 0 Å². The van der Waals surface area contributed by atoms with Crippen molar-refractivity contribution < 1.29 is 9.53 Å². The van der Waals surface area contributed by atoms with Crippen molar-refractivity contribution in [3.05, 3.63) is 0 Å². The maximum Gasteiger partial charge on any atom is 0.228 e. The first-order valence-corrected chi connectivity index (χ1v) is 7.33. The van der Waals surface area contributed by atoms with Gasteiger partial charge in [0.2, 0.25) is 5.91 Å². The predicted molar refractivity (Wildman–Crippen MR) is 68.8 cm³/mol. The van der Waals surface area contributed by atoms with Gasteiger partial charge in [-0.25, -0.2) is 0 Å². The lowest BCUT2D eigenvalue weighted by Crippen LogP contribution is -2.39. The largest absolute Gasteiger partial charge is 0.377 e. The van der Waals surface area contributed by atoms with Gasteiger partial charge in [0.15, 0.2) is 0 Å². The van der Waals surface area contributed by atoms with Crippen LogP contribution < -0.4 is 0 Å². The second kappa shape index (κ2) is 7.28. The topological polar surface area (TPSA) is 29.5 Å². The van der Waals surface area contributed by atoms with E-state index in [-0.39, 0.29) is 17.9 Å². The van der Waals surface area contributed by atoms with Crippen LogP contribution in [-0.4, -0.2) is 41.9 Å². The lowest BCUT2D eigenvalue weighted by molar-refractivity contribution is -0.137. The summed E-state index contributed by atoms with van der Waals surface area (Å²) in [6, 6.07) is 0. The normalized spacial score (nSPS) is 24.7. The SMILES string of the molecule is CCC1OCCC1C(=O)N(CC)CCCBr. The molecule has 3 nitrogen and oxygen atoms in total. The van der Waals surface area contributed by atoms with Gasteiger partial charge in [-0.3, -0.25) is 4.79 Å². The number of alkyl halides is 1. The first-order chi connectivity index (χ1) is 7.74. The van der Waals surface area contributed by atoms with Crippen LogP contribution in [0, 0.1) is 5.92 Å². The Hall–Kier alpha value is -0.0900. The number of carbonyl (C=O) groups is 1. The van der Waals surface area contributed by atoms with Gasteiger partial charge in [0.05, 0.1) is 12.0 Å². The van der Waals surface area contributed by atoms with Crippen molar-refractivity contribution in [2.75, 3.05) is 25.0 Å². The Bertz CT molecular complexity index is 223. The highest BCUT2D eigenvalue weighted by Gasteiger charge is 2.34. The van der Waals surface area contributed by atoms with E-state index in [0.29, 0.717) is 0 Å². The molecule has 4 heteroatoms. The summed E-state index contributed by atoms with van der Waals surface area (Å²) >= 11 is 3.40. The molecule has 0 aromatic heterocycles. The molecule has 1 rings (SSSR count). The summed E-state index contributed by atoms with van der Waals surface area (Å²) in [5, 5.41) is 0.954. The minimum atomic E-state index is 0.0975. The highest BCUT2D eigenvalue weighted by atomic mass is 79.9. The van der Waals surface area contributed by atoms with Crippen LogP contribution in [-0.2, 0) is 9.53 Å². The molecule has 2 atom stereocenters. The summed E-state index contributed by atoms with van der Waals surface area (Å²) in [6.45, 7) is 6.53. The van der Waals surface area contributed by atoms with Crippen LogP contribution in [0.1, 0.15) is 33.1 Å². The van der Waals surface area contributed by atoms with Crippen molar-refractivity contribution in [2.45, 2.75) is 39.2 Å². The zero-order valence-corrected chi connectivity index (χ0v) is 11.8. The summed E-state index contributed by atoms with van der Waals surface area (Å²) in [6.07, 6.45) is 2.99. The van der Waals surface area contributed by atoms with Gasteiger partial charge in [0.25, 0.3) is 0 Å². The smallest absolute Gasteiger partial charge is 0.228 e. The summed E-state index contributed by atoms with van der Waals surface area (Å²) in [5.74, 6) is 0.382. The quantitative estimate of drug-likeness (QED) is 0.704. The lowest BCUT2D eigenvalue weighted by atomic mass is 9.98. The molecule has 1 heterocycles. The molecule has 1 saturated heterocycles. The highest BCUT2D eigenvalue weighted by Crippen LogP contribution is 2.25. The molecule has 0 spiro atoms. The summed E-state index contributed by atoms with van der Waals surface area (Å²) in [7, 11) is 0. The molecule has 1 aliphatic rings. The van der Waals surface area contributed by atoms with Crippen molar-refractivity contribution in [2.24, 2.45) is 5.92 Å². The number of rotatable bonds is 6. The van der Waals surface area contributed by atoms with Crippen molar-refractivity contribution in [3.8, 4) is 0 Å². The van der Waals surface area contributed by atoms with E-state index in [2.05, 4.69) is 22.9 Å². The minimum Gasteiger partial charge on any atom is -0.377 e.